The molecular formula is C15H15FN2O2S. The van der Waals surface area contributed by atoms with E-state index in [-0.39, 0.29) is 11.3 Å². The first-order chi connectivity index (χ1) is 10.1. The SMILES string of the molecule is CSc1ccc(Nc2c(F)cccc2C(=O)NO)c(C)c1. The van der Waals surface area contributed by atoms with Crippen molar-refractivity contribution >= 4 is 29.0 Å². The summed E-state index contributed by atoms with van der Waals surface area (Å²) in [4.78, 5) is 12.7. The minimum absolute atomic E-state index is 0.0315. The fraction of sp³-hybridized carbons (Fsp3) is 0.133. The van der Waals surface area contributed by atoms with Gasteiger partial charge in [0, 0.05) is 10.6 Å². The van der Waals surface area contributed by atoms with Gasteiger partial charge in [-0.1, -0.05) is 6.07 Å². The highest BCUT2D eigenvalue weighted by atomic mass is 32.2. The quantitative estimate of drug-likeness (QED) is 0.458. The number of thioether (sulfide) groups is 1. The number of hydrogen-bond acceptors (Lipinski definition) is 4. The smallest absolute Gasteiger partial charge is 0.276 e. The number of carbonyl (C=O) groups is 1. The van der Waals surface area contributed by atoms with E-state index in [4.69, 9.17) is 5.21 Å². The standard InChI is InChI=1S/C15H15FN2O2S/c1-9-8-10(21-2)6-7-13(9)17-14-11(15(19)18-20)4-3-5-12(14)16/h3-8,17,20H,1-2H3,(H,18,19). The molecule has 0 aromatic heterocycles. The van der Waals surface area contributed by atoms with E-state index < -0.39 is 11.7 Å². The van der Waals surface area contributed by atoms with E-state index in [0.717, 1.165) is 10.5 Å². The third kappa shape index (κ3) is 3.34. The first-order valence-electron chi connectivity index (χ1n) is 6.21. The fourth-order valence-corrected chi connectivity index (χ4v) is 2.44. The second kappa shape index (κ2) is 6.60. The Morgan fingerprint density at radius 1 is 1.29 bits per heavy atom. The van der Waals surface area contributed by atoms with Gasteiger partial charge in [0.1, 0.15) is 5.82 Å². The Balaban J connectivity index is 2.42. The van der Waals surface area contributed by atoms with Crippen LogP contribution in [0.3, 0.4) is 0 Å². The largest absolute Gasteiger partial charge is 0.352 e. The van der Waals surface area contributed by atoms with Gasteiger partial charge in [-0.3, -0.25) is 10.0 Å². The van der Waals surface area contributed by atoms with Gasteiger partial charge in [0.15, 0.2) is 0 Å². The summed E-state index contributed by atoms with van der Waals surface area (Å²) >= 11 is 1.61. The number of halogens is 1. The minimum atomic E-state index is -0.768. The van der Waals surface area contributed by atoms with Gasteiger partial charge in [0.25, 0.3) is 5.91 Å². The van der Waals surface area contributed by atoms with E-state index in [1.54, 1.807) is 11.8 Å². The molecule has 6 heteroatoms. The van der Waals surface area contributed by atoms with Crippen molar-refractivity contribution in [3.63, 3.8) is 0 Å². The van der Waals surface area contributed by atoms with E-state index in [1.807, 2.05) is 31.4 Å². The van der Waals surface area contributed by atoms with Crippen LogP contribution in [-0.2, 0) is 0 Å². The van der Waals surface area contributed by atoms with Gasteiger partial charge in [-0.05, 0) is 49.1 Å². The Bertz CT molecular complexity index is 677. The van der Waals surface area contributed by atoms with Crippen LogP contribution in [0.4, 0.5) is 15.8 Å². The topological polar surface area (TPSA) is 61.4 Å². The third-order valence-electron chi connectivity index (χ3n) is 3.05. The molecule has 0 unspecified atom stereocenters. The molecule has 0 aliphatic rings. The number of nitrogens with one attached hydrogen (secondary N) is 2. The molecule has 0 atom stereocenters. The molecule has 0 aliphatic carbocycles. The van der Waals surface area contributed by atoms with Crippen LogP contribution < -0.4 is 10.8 Å². The van der Waals surface area contributed by atoms with Crippen molar-refractivity contribution in [2.75, 3.05) is 11.6 Å². The summed E-state index contributed by atoms with van der Waals surface area (Å²) in [5, 5.41) is 11.7. The number of carbonyl (C=O) groups excluding carboxylic acids is 1. The average Bonchev–Trinajstić information content (AvgIpc) is 2.50. The molecule has 4 nitrogen and oxygen atoms in total. The third-order valence-corrected chi connectivity index (χ3v) is 3.78. The number of rotatable bonds is 4. The van der Waals surface area contributed by atoms with Crippen LogP contribution in [0.1, 0.15) is 15.9 Å². The highest BCUT2D eigenvalue weighted by molar-refractivity contribution is 7.98. The van der Waals surface area contributed by atoms with Gasteiger partial charge in [-0.25, -0.2) is 9.87 Å². The molecule has 0 saturated carbocycles. The lowest BCUT2D eigenvalue weighted by Crippen LogP contribution is -2.20. The zero-order valence-electron chi connectivity index (χ0n) is 11.6. The lowest BCUT2D eigenvalue weighted by atomic mass is 10.1. The van der Waals surface area contributed by atoms with Crippen LogP contribution in [0.2, 0.25) is 0 Å². The summed E-state index contributed by atoms with van der Waals surface area (Å²) in [6.45, 7) is 1.90. The molecule has 2 rings (SSSR count). The predicted molar refractivity (Wildman–Crippen MR) is 81.9 cm³/mol. The molecule has 2 aromatic carbocycles. The predicted octanol–water partition coefficient (Wildman–Crippen LogP) is 3.72. The molecule has 3 N–H and O–H groups in total. The van der Waals surface area contributed by atoms with Crippen LogP contribution >= 0.6 is 11.8 Å². The van der Waals surface area contributed by atoms with Crippen LogP contribution in [0.25, 0.3) is 0 Å². The number of hydrogen-bond donors (Lipinski definition) is 3. The van der Waals surface area contributed by atoms with E-state index in [9.17, 15) is 9.18 Å². The number of para-hydroxylation sites is 1. The second-order valence-corrected chi connectivity index (χ2v) is 5.29. The summed E-state index contributed by atoms with van der Waals surface area (Å²) in [5.74, 6) is -1.33. The van der Waals surface area contributed by atoms with Crippen LogP contribution in [0, 0.1) is 12.7 Å². The van der Waals surface area contributed by atoms with Crippen LogP contribution in [0.5, 0.6) is 0 Å². The maximum absolute atomic E-state index is 14.0. The molecule has 0 aliphatic heterocycles. The summed E-state index contributed by atoms with van der Waals surface area (Å²) in [5.41, 5.74) is 3.21. The zero-order chi connectivity index (χ0) is 15.4. The van der Waals surface area contributed by atoms with Crippen LogP contribution in [-0.4, -0.2) is 17.4 Å². The Kier molecular flexibility index (Phi) is 4.82. The number of amides is 1. The molecule has 21 heavy (non-hydrogen) atoms. The van der Waals surface area contributed by atoms with Crippen molar-refractivity contribution in [3.05, 3.63) is 53.3 Å². The lowest BCUT2D eigenvalue weighted by Gasteiger charge is -2.14. The lowest BCUT2D eigenvalue weighted by molar-refractivity contribution is 0.0707. The molecule has 2 aromatic rings. The number of benzene rings is 2. The van der Waals surface area contributed by atoms with E-state index >= 15 is 0 Å². The molecule has 0 heterocycles. The van der Waals surface area contributed by atoms with Crippen molar-refractivity contribution in [2.24, 2.45) is 0 Å². The highest BCUT2D eigenvalue weighted by Gasteiger charge is 2.15. The van der Waals surface area contributed by atoms with Gasteiger partial charge in [-0.15, -0.1) is 11.8 Å². The molecule has 110 valence electrons. The summed E-state index contributed by atoms with van der Waals surface area (Å²) in [6, 6.07) is 9.81. The van der Waals surface area contributed by atoms with E-state index in [1.165, 1.54) is 23.7 Å². The molecule has 0 bridgehead atoms. The van der Waals surface area contributed by atoms with Crippen molar-refractivity contribution in [3.8, 4) is 0 Å². The summed E-state index contributed by atoms with van der Waals surface area (Å²) < 4.78 is 14.0. The average molecular weight is 306 g/mol. The van der Waals surface area contributed by atoms with Gasteiger partial charge >= 0.3 is 0 Å². The number of anilines is 2. The van der Waals surface area contributed by atoms with Gasteiger partial charge in [0.05, 0.1) is 11.3 Å². The van der Waals surface area contributed by atoms with E-state index in [0.29, 0.717) is 5.69 Å². The van der Waals surface area contributed by atoms with Crippen molar-refractivity contribution in [2.45, 2.75) is 11.8 Å². The van der Waals surface area contributed by atoms with Gasteiger partial charge in [-0.2, -0.15) is 0 Å². The van der Waals surface area contributed by atoms with Crippen molar-refractivity contribution in [1.29, 1.82) is 0 Å². The maximum atomic E-state index is 14.0. The highest BCUT2D eigenvalue weighted by Crippen LogP contribution is 2.28. The first kappa shape index (κ1) is 15.3. The van der Waals surface area contributed by atoms with Crippen molar-refractivity contribution < 1.29 is 14.4 Å². The fourth-order valence-electron chi connectivity index (χ4n) is 1.94. The summed E-state index contributed by atoms with van der Waals surface area (Å²) in [6.07, 6.45) is 1.97. The number of hydroxylamine groups is 1. The molecule has 1 amide bonds. The first-order valence-corrected chi connectivity index (χ1v) is 7.44. The normalized spacial score (nSPS) is 10.3. The molecular weight excluding hydrogens is 291 g/mol. The van der Waals surface area contributed by atoms with Crippen LogP contribution in [0.15, 0.2) is 41.3 Å². The van der Waals surface area contributed by atoms with Gasteiger partial charge < -0.3 is 5.32 Å². The Morgan fingerprint density at radius 3 is 2.67 bits per heavy atom. The molecule has 0 fully saturated rings. The summed E-state index contributed by atoms with van der Waals surface area (Å²) in [7, 11) is 0. The Morgan fingerprint density at radius 2 is 2.05 bits per heavy atom. The molecule has 0 saturated heterocycles. The second-order valence-electron chi connectivity index (χ2n) is 4.41. The Labute approximate surface area is 126 Å². The maximum Gasteiger partial charge on any atom is 0.276 e. The number of aryl methyl sites for hydroxylation is 1. The van der Waals surface area contributed by atoms with Gasteiger partial charge in [0.2, 0.25) is 0 Å². The molecule has 0 radical (unpaired) electrons. The van der Waals surface area contributed by atoms with Crippen molar-refractivity contribution in [1.82, 2.24) is 5.48 Å². The Hall–Kier alpha value is -2.05. The monoisotopic (exact) mass is 306 g/mol. The van der Waals surface area contributed by atoms with E-state index in [2.05, 4.69) is 5.32 Å². The zero-order valence-corrected chi connectivity index (χ0v) is 12.4. The minimum Gasteiger partial charge on any atom is -0.352 e. The molecule has 0 spiro atoms.